The van der Waals surface area contributed by atoms with Gasteiger partial charge in [0.25, 0.3) is 5.91 Å². The molecule has 1 saturated heterocycles. The lowest BCUT2D eigenvalue weighted by Crippen LogP contribution is -2.29. The molecule has 0 radical (unpaired) electrons. The molecule has 1 aliphatic rings. The van der Waals surface area contributed by atoms with Gasteiger partial charge in [-0.1, -0.05) is 5.16 Å². The molecule has 128 valence electrons. The van der Waals surface area contributed by atoms with Gasteiger partial charge in [-0.15, -0.1) is 0 Å². The SMILES string of the molecule is COc1ccc2cc(C(=O)N3CCC(c4ncon4)C3)c(C)nc2c1. The first-order chi connectivity index (χ1) is 12.2. The Morgan fingerprint density at radius 2 is 2.24 bits per heavy atom. The molecule has 1 unspecified atom stereocenters. The zero-order valence-corrected chi connectivity index (χ0v) is 14.1. The van der Waals surface area contributed by atoms with Gasteiger partial charge in [-0.25, -0.2) is 0 Å². The van der Waals surface area contributed by atoms with Crippen LogP contribution in [-0.2, 0) is 0 Å². The minimum atomic E-state index is -0.00582. The van der Waals surface area contributed by atoms with Crippen LogP contribution in [0.15, 0.2) is 35.2 Å². The second kappa shape index (κ2) is 6.16. The van der Waals surface area contributed by atoms with E-state index in [1.807, 2.05) is 36.1 Å². The van der Waals surface area contributed by atoms with Crippen molar-refractivity contribution in [2.45, 2.75) is 19.3 Å². The Hall–Kier alpha value is -2.96. The summed E-state index contributed by atoms with van der Waals surface area (Å²) in [6, 6.07) is 7.57. The topological polar surface area (TPSA) is 81.4 Å². The van der Waals surface area contributed by atoms with Crippen LogP contribution in [-0.4, -0.2) is 46.1 Å². The standard InChI is InChI=1S/C18H18N4O3/c1-11-15(7-12-3-4-14(24-2)8-16(12)20-11)18(23)22-6-5-13(9-22)17-19-10-25-21-17/h3-4,7-8,10,13H,5-6,9H2,1-2H3. The number of pyridine rings is 1. The number of carbonyl (C=O) groups excluding carboxylic acids is 1. The molecule has 0 bridgehead atoms. The number of hydrogen-bond donors (Lipinski definition) is 0. The lowest BCUT2D eigenvalue weighted by molar-refractivity contribution is 0.0789. The maximum absolute atomic E-state index is 12.9. The molecule has 25 heavy (non-hydrogen) atoms. The van der Waals surface area contributed by atoms with E-state index in [9.17, 15) is 4.79 Å². The third kappa shape index (κ3) is 2.82. The highest BCUT2D eigenvalue weighted by Crippen LogP contribution is 2.27. The highest BCUT2D eigenvalue weighted by molar-refractivity contribution is 5.99. The van der Waals surface area contributed by atoms with Gasteiger partial charge in [0.05, 0.1) is 23.9 Å². The fourth-order valence-corrected chi connectivity index (χ4v) is 3.27. The number of fused-ring (bicyclic) bond motifs is 1. The molecule has 1 aromatic carbocycles. The summed E-state index contributed by atoms with van der Waals surface area (Å²) < 4.78 is 10.0. The summed E-state index contributed by atoms with van der Waals surface area (Å²) in [6.07, 6.45) is 2.16. The Bertz CT molecular complexity index is 923. The number of rotatable bonds is 3. The molecule has 0 N–H and O–H groups in total. The minimum Gasteiger partial charge on any atom is -0.497 e. The monoisotopic (exact) mass is 338 g/mol. The van der Waals surface area contributed by atoms with Crippen LogP contribution in [0.1, 0.15) is 34.2 Å². The molecule has 1 amide bonds. The lowest BCUT2D eigenvalue weighted by Gasteiger charge is -2.17. The lowest BCUT2D eigenvalue weighted by atomic mass is 10.1. The molecular weight excluding hydrogens is 320 g/mol. The predicted octanol–water partition coefficient (Wildman–Crippen LogP) is 2.56. The highest BCUT2D eigenvalue weighted by Gasteiger charge is 2.31. The number of ether oxygens (including phenoxy) is 1. The first-order valence-corrected chi connectivity index (χ1v) is 8.16. The van der Waals surface area contributed by atoms with Gasteiger partial charge in [0.15, 0.2) is 5.82 Å². The number of amides is 1. The molecule has 7 heteroatoms. The van der Waals surface area contributed by atoms with Crippen LogP contribution in [0.2, 0.25) is 0 Å². The van der Waals surface area contributed by atoms with Gasteiger partial charge in [-0.05, 0) is 31.5 Å². The van der Waals surface area contributed by atoms with Gasteiger partial charge >= 0.3 is 0 Å². The highest BCUT2D eigenvalue weighted by atomic mass is 16.5. The third-order valence-corrected chi connectivity index (χ3v) is 4.66. The van der Waals surface area contributed by atoms with Gasteiger partial charge in [0.2, 0.25) is 6.39 Å². The summed E-state index contributed by atoms with van der Waals surface area (Å²) >= 11 is 0. The molecule has 1 fully saturated rings. The van der Waals surface area contributed by atoms with Crippen LogP contribution < -0.4 is 4.74 Å². The van der Waals surface area contributed by atoms with E-state index in [1.165, 1.54) is 6.39 Å². The van der Waals surface area contributed by atoms with Crippen molar-refractivity contribution in [1.82, 2.24) is 20.0 Å². The molecule has 0 aliphatic carbocycles. The van der Waals surface area contributed by atoms with Gasteiger partial charge in [0, 0.05) is 30.5 Å². The molecule has 7 nitrogen and oxygen atoms in total. The Balaban J connectivity index is 1.61. The summed E-state index contributed by atoms with van der Waals surface area (Å²) in [4.78, 5) is 23.5. The van der Waals surface area contributed by atoms with E-state index in [0.717, 1.165) is 23.1 Å². The Labute approximate surface area is 144 Å². The third-order valence-electron chi connectivity index (χ3n) is 4.66. The van der Waals surface area contributed by atoms with Gasteiger partial charge in [-0.3, -0.25) is 9.78 Å². The van der Waals surface area contributed by atoms with Crippen molar-refractivity contribution in [3.8, 4) is 5.75 Å². The van der Waals surface area contributed by atoms with E-state index in [0.29, 0.717) is 30.2 Å². The van der Waals surface area contributed by atoms with E-state index in [2.05, 4.69) is 15.1 Å². The van der Waals surface area contributed by atoms with Crippen molar-refractivity contribution in [3.05, 3.63) is 47.7 Å². The van der Waals surface area contributed by atoms with E-state index >= 15 is 0 Å². The quantitative estimate of drug-likeness (QED) is 0.730. The maximum Gasteiger partial charge on any atom is 0.255 e. The zero-order chi connectivity index (χ0) is 17.4. The Kier molecular flexibility index (Phi) is 3.83. The molecule has 4 rings (SSSR count). The van der Waals surface area contributed by atoms with E-state index < -0.39 is 0 Å². The fourth-order valence-electron chi connectivity index (χ4n) is 3.27. The fraction of sp³-hybridized carbons (Fsp3) is 0.333. The predicted molar refractivity (Wildman–Crippen MR) is 90.6 cm³/mol. The van der Waals surface area contributed by atoms with Crippen LogP contribution in [0, 0.1) is 6.92 Å². The molecule has 3 heterocycles. The second-order valence-corrected chi connectivity index (χ2v) is 6.21. The number of methoxy groups -OCH3 is 1. The van der Waals surface area contributed by atoms with Crippen molar-refractivity contribution < 1.29 is 14.1 Å². The Morgan fingerprint density at radius 3 is 3.00 bits per heavy atom. The average molecular weight is 338 g/mol. The maximum atomic E-state index is 12.9. The number of aromatic nitrogens is 3. The first kappa shape index (κ1) is 15.6. The molecule has 1 aliphatic heterocycles. The summed E-state index contributed by atoms with van der Waals surface area (Å²) in [5.74, 6) is 1.53. The second-order valence-electron chi connectivity index (χ2n) is 6.21. The van der Waals surface area contributed by atoms with Crippen LogP contribution in [0.4, 0.5) is 0 Å². The number of aryl methyl sites for hydroxylation is 1. The molecular formula is C18H18N4O3. The van der Waals surface area contributed by atoms with Crippen LogP contribution in [0.3, 0.4) is 0 Å². The summed E-state index contributed by atoms with van der Waals surface area (Å²) in [7, 11) is 1.62. The molecule has 3 aromatic rings. The van der Waals surface area contributed by atoms with Gasteiger partial charge in [0.1, 0.15) is 5.75 Å². The molecule has 0 saturated carbocycles. The smallest absolute Gasteiger partial charge is 0.255 e. The average Bonchev–Trinajstić information content (AvgIpc) is 3.31. The summed E-state index contributed by atoms with van der Waals surface area (Å²) in [5, 5.41) is 4.81. The van der Waals surface area contributed by atoms with Crippen LogP contribution >= 0.6 is 0 Å². The summed E-state index contributed by atoms with van der Waals surface area (Å²) in [6.45, 7) is 3.13. The van der Waals surface area contributed by atoms with E-state index in [-0.39, 0.29) is 11.8 Å². The van der Waals surface area contributed by atoms with Gasteiger partial charge < -0.3 is 14.2 Å². The molecule has 2 aromatic heterocycles. The number of nitrogens with zero attached hydrogens (tertiary/aromatic N) is 4. The van der Waals surface area contributed by atoms with Crippen molar-refractivity contribution in [2.24, 2.45) is 0 Å². The van der Waals surface area contributed by atoms with Crippen molar-refractivity contribution in [2.75, 3.05) is 20.2 Å². The van der Waals surface area contributed by atoms with Crippen LogP contribution in [0.25, 0.3) is 10.9 Å². The van der Waals surface area contributed by atoms with Crippen molar-refractivity contribution >= 4 is 16.8 Å². The zero-order valence-electron chi connectivity index (χ0n) is 14.1. The van der Waals surface area contributed by atoms with E-state index in [1.54, 1.807) is 7.11 Å². The number of hydrogen-bond acceptors (Lipinski definition) is 6. The van der Waals surface area contributed by atoms with Crippen LogP contribution in [0.5, 0.6) is 5.75 Å². The van der Waals surface area contributed by atoms with Crippen molar-refractivity contribution in [3.63, 3.8) is 0 Å². The number of benzene rings is 1. The normalized spacial score (nSPS) is 17.2. The van der Waals surface area contributed by atoms with Gasteiger partial charge in [-0.2, -0.15) is 4.98 Å². The van der Waals surface area contributed by atoms with E-state index in [4.69, 9.17) is 9.26 Å². The largest absolute Gasteiger partial charge is 0.497 e. The molecule has 1 atom stereocenters. The first-order valence-electron chi connectivity index (χ1n) is 8.16. The number of likely N-dealkylation sites (tertiary alicyclic amines) is 1. The summed E-state index contributed by atoms with van der Waals surface area (Å²) in [5.41, 5.74) is 2.17. The molecule has 0 spiro atoms. The Morgan fingerprint density at radius 1 is 1.36 bits per heavy atom. The van der Waals surface area contributed by atoms with Crippen molar-refractivity contribution in [1.29, 1.82) is 0 Å². The number of carbonyl (C=O) groups is 1. The minimum absolute atomic E-state index is 0.00582.